The first-order chi connectivity index (χ1) is 21.3. The Labute approximate surface area is 279 Å². The van der Waals surface area contributed by atoms with Gasteiger partial charge in [-0.25, -0.2) is 0 Å². The van der Waals surface area contributed by atoms with Gasteiger partial charge in [-0.3, -0.25) is 0 Å². The average molecular weight is 663 g/mol. The molecule has 0 atom stereocenters. The fourth-order valence-corrected chi connectivity index (χ4v) is 17.1. The molecule has 0 heterocycles. The molecule has 0 radical (unpaired) electrons. The van der Waals surface area contributed by atoms with E-state index in [4.69, 9.17) is 3.97 Å². The molecule has 44 heavy (non-hydrogen) atoms. The summed E-state index contributed by atoms with van der Waals surface area (Å²) in [7, 11) is -3.50. The van der Waals surface area contributed by atoms with E-state index >= 15 is 0 Å². The zero-order valence-electron chi connectivity index (χ0n) is 31.1. The molecule has 0 aliphatic heterocycles. The fourth-order valence-electron chi connectivity index (χ4n) is 7.43. The van der Waals surface area contributed by atoms with Crippen LogP contribution in [-0.4, -0.2) is 39.3 Å². The van der Waals surface area contributed by atoms with Gasteiger partial charge in [-0.2, -0.15) is 0 Å². The van der Waals surface area contributed by atoms with Crippen LogP contribution < -0.4 is 0 Å². The summed E-state index contributed by atoms with van der Waals surface area (Å²) >= 11 is 0. The van der Waals surface area contributed by atoms with E-state index in [1.54, 1.807) is 0 Å². The Balaban J connectivity index is 5.51. The molecular weight excluding hydrogens is 579 g/mol. The van der Waals surface area contributed by atoms with E-state index in [1.165, 1.54) is 173 Å². The van der Waals surface area contributed by atoms with Gasteiger partial charge in [0.1, 0.15) is 0 Å². The van der Waals surface area contributed by atoms with Crippen molar-refractivity contribution in [3.63, 3.8) is 0 Å². The van der Waals surface area contributed by atoms with Crippen molar-refractivity contribution in [3.8, 4) is 0 Å². The first-order valence-electron chi connectivity index (χ1n) is 20.2. The maximum atomic E-state index is 13.1. The van der Waals surface area contributed by atoms with Crippen LogP contribution in [0.15, 0.2) is 0 Å². The van der Waals surface area contributed by atoms with E-state index in [1.807, 2.05) is 0 Å². The third-order valence-electron chi connectivity index (χ3n) is 10.2. The van der Waals surface area contributed by atoms with E-state index in [0.717, 1.165) is 50.3 Å². The zero-order chi connectivity index (χ0) is 32.7. The van der Waals surface area contributed by atoms with Crippen LogP contribution in [0.1, 0.15) is 220 Å². The Bertz CT molecular complexity index is 665. The van der Waals surface area contributed by atoms with Crippen LogP contribution in [0.3, 0.4) is 0 Å². The van der Waals surface area contributed by atoms with Crippen molar-refractivity contribution in [3.05, 3.63) is 0 Å². The SMILES string of the molecule is CCCCCCCCCCCCCCP(CCCCCCCC)(CCCCCCCC)(CCCCCCCC)OS(C)(=O)=O. The van der Waals surface area contributed by atoms with Crippen LogP contribution in [0.25, 0.3) is 0 Å². The summed E-state index contributed by atoms with van der Waals surface area (Å²) in [6.45, 7) is 6.25. The van der Waals surface area contributed by atoms with Crippen molar-refractivity contribution in [2.24, 2.45) is 0 Å². The molecule has 0 unspecified atom stereocenters. The molecule has 0 aromatic rings. The fraction of sp³-hybridized carbons (Fsp3) is 1.00. The third kappa shape index (κ3) is 25.4. The van der Waals surface area contributed by atoms with Crippen LogP contribution in [-0.2, 0) is 14.1 Å². The summed E-state index contributed by atoms with van der Waals surface area (Å²) in [4.78, 5) is 0. The predicted molar refractivity (Wildman–Crippen MR) is 204 cm³/mol. The minimum atomic E-state index is -3.50. The predicted octanol–water partition coefficient (Wildman–Crippen LogP) is 14.2. The first-order valence-corrected chi connectivity index (χ1v) is 24.9. The molecule has 0 spiro atoms. The molecule has 0 N–H and O–H groups in total. The Morgan fingerprint density at radius 3 is 0.705 bits per heavy atom. The summed E-state index contributed by atoms with van der Waals surface area (Å²) in [5, 5.41) is 0. The summed E-state index contributed by atoms with van der Waals surface area (Å²) in [5.41, 5.74) is 0. The van der Waals surface area contributed by atoms with Crippen LogP contribution in [0.4, 0.5) is 0 Å². The molecule has 0 aromatic heterocycles. The molecule has 3 nitrogen and oxygen atoms in total. The van der Waals surface area contributed by atoms with Crippen molar-refractivity contribution < 1.29 is 12.4 Å². The molecule has 0 aliphatic rings. The summed E-state index contributed by atoms with van der Waals surface area (Å²) in [5.74, 6) is 0. The molecule has 0 amide bonds. The van der Waals surface area contributed by atoms with Gasteiger partial charge in [0, 0.05) is 0 Å². The Morgan fingerprint density at radius 1 is 0.341 bits per heavy atom. The van der Waals surface area contributed by atoms with Crippen LogP contribution >= 0.6 is 6.83 Å². The molecular formula is C39H83O3PS. The minimum absolute atomic E-state index is 1.05. The second-order valence-electron chi connectivity index (χ2n) is 14.7. The van der Waals surface area contributed by atoms with Crippen molar-refractivity contribution in [1.82, 2.24) is 0 Å². The maximum absolute atomic E-state index is 13.1. The second-order valence-corrected chi connectivity index (χ2v) is 22.2. The molecule has 0 aromatic carbocycles. The van der Waals surface area contributed by atoms with Gasteiger partial charge < -0.3 is 0 Å². The molecule has 0 rings (SSSR count). The van der Waals surface area contributed by atoms with Crippen LogP contribution in [0.5, 0.6) is 0 Å². The zero-order valence-corrected chi connectivity index (χ0v) is 32.8. The molecule has 268 valence electrons. The summed E-state index contributed by atoms with van der Waals surface area (Å²) in [6, 6.07) is 0. The molecule has 5 heteroatoms. The number of rotatable bonds is 36. The summed E-state index contributed by atoms with van der Waals surface area (Å²) in [6.07, 6.45) is 44.4. The van der Waals surface area contributed by atoms with E-state index in [-0.39, 0.29) is 0 Å². The van der Waals surface area contributed by atoms with Gasteiger partial charge in [-0.05, 0) is 0 Å². The second kappa shape index (κ2) is 29.5. The van der Waals surface area contributed by atoms with Gasteiger partial charge in [-0.15, -0.1) is 0 Å². The molecule has 0 saturated carbocycles. The van der Waals surface area contributed by atoms with Crippen molar-refractivity contribution in [1.29, 1.82) is 0 Å². The van der Waals surface area contributed by atoms with Gasteiger partial charge in [0.25, 0.3) is 0 Å². The monoisotopic (exact) mass is 663 g/mol. The normalized spacial score (nSPS) is 13.3. The van der Waals surface area contributed by atoms with Crippen molar-refractivity contribution in [2.75, 3.05) is 30.9 Å². The average Bonchev–Trinajstić information content (AvgIpc) is 2.98. The molecule has 0 saturated heterocycles. The Kier molecular flexibility index (Phi) is 29.7. The third-order valence-corrected chi connectivity index (χ3v) is 18.7. The van der Waals surface area contributed by atoms with E-state index < -0.39 is 16.9 Å². The van der Waals surface area contributed by atoms with E-state index in [9.17, 15) is 8.42 Å². The number of hydrogen-bond donors (Lipinski definition) is 0. The van der Waals surface area contributed by atoms with E-state index in [0.29, 0.717) is 0 Å². The Morgan fingerprint density at radius 2 is 0.523 bits per heavy atom. The topological polar surface area (TPSA) is 43.4 Å². The molecule has 0 fully saturated rings. The molecule has 0 bridgehead atoms. The summed E-state index contributed by atoms with van der Waals surface area (Å²) < 4.78 is 32.9. The van der Waals surface area contributed by atoms with Crippen molar-refractivity contribution in [2.45, 2.75) is 220 Å². The van der Waals surface area contributed by atoms with Gasteiger partial charge in [0.05, 0.1) is 0 Å². The van der Waals surface area contributed by atoms with Crippen molar-refractivity contribution >= 4 is 16.9 Å². The van der Waals surface area contributed by atoms with Crippen LogP contribution in [0.2, 0.25) is 0 Å². The molecule has 0 aliphatic carbocycles. The quantitative estimate of drug-likeness (QED) is 0.0495. The van der Waals surface area contributed by atoms with Crippen LogP contribution in [0, 0.1) is 0 Å². The van der Waals surface area contributed by atoms with Gasteiger partial charge in [-0.1, -0.05) is 13.3 Å². The first kappa shape index (κ1) is 44.3. The van der Waals surface area contributed by atoms with E-state index in [2.05, 4.69) is 27.7 Å². The number of unbranched alkanes of at least 4 members (excludes halogenated alkanes) is 26. The standard InChI is InChI=1S/C39H83O3PS/c1-6-10-14-18-22-23-24-25-26-27-31-35-39-43(42-44(5,40)41,36-32-28-19-15-11-7-2,37-33-29-20-16-12-8-3)38-34-30-21-17-13-9-4/h6-39H2,1-5H3. The number of hydrogen-bond acceptors (Lipinski definition) is 3. The Hall–Kier alpha value is 0.340. The van der Waals surface area contributed by atoms with Gasteiger partial charge in [0.15, 0.2) is 0 Å². The van der Waals surface area contributed by atoms with Gasteiger partial charge >= 0.3 is 267 Å². The van der Waals surface area contributed by atoms with Gasteiger partial charge in [0.2, 0.25) is 0 Å².